The minimum Gasteiger partial charge on any atom is -0.495 e. The third-order valence-electron chi connectivity index (χ3n) is 3.77. The molecule has 5 nitrogen and oxygen atoms in total. The van der Waals surface area contributed by atoms with Gasteiger partial charge in [-0.25, -0.2) is 0 Å². The zero-order valence-electron chi connectivity index (χ0n) is 12.4. The van der Waals surface area contributed by atoms with E-state index < -0.39 is 0 Å². The summed E-state index contributed by atoms with van der Waals surface area (Å²) in [5, 5.41) is 17.8. The Morgan fingerprint density at radius 3 is 2.76 bits per heavy atom. The Kier molecular flexibility index (Phi) is 6.00. The van der Waals surface area contributed by atoms with Crippen LogP contribution >= 0.6 is 0 Å². The lowest BCUT2D eigenvalue weighted by atomic mass is 10.1. The minimum absolute atomic E-state index is 0.0885. The van der Waals surface area contributed by atoms with E-state index in [0.717, 1.165) is 38.0 Å². The first-order valence-corrected chi connectivity index (χ1v) is 7.28. The molecule has 2 rings (SSSR count). The SMILES string of the molecule is COc1cc(CN2CCC(OCCO)CC2)ccc1C#N. The molecule has 0 spiro atoms. The van der Waals surface area contributed by atoms with E-state index in [1.807, 2.05) is 18.2 Å². The lowest BCUT2D eigenvalue weighted by Gasteiger charge is -2.31. The zero-order valence-corrected chi connectivity index (χ0v) is 12.4. The van der Waals surface area contributed by atoms with Gasteiger partial charge < -0.3 is 14.6 Å². The molecule has 21 heavy (non-hydrogen) atoms. The van der Waals surface area contributed by atoms with Crippen LogP contribution in [0, 0.1) is 11.3 Å². The molecular weight excluding hydrogens is 268 g/mol. The van der Waals surface area contributed by atoms with E-state index in [4.69, 9.17) is 19.8 Å². The van der Waals surface area contributed by atoms with Gasteiger partial charge in [0.1, 0.15) is 11.8 Å². The van der Waals surface area contributed by atoms with Crippen molar-refractivity contribution in [1.82, 2.24) is 4.90 Å². The first kappa shape index (κ1) is 15.8. The maximum absolute atomic E-state index is 8.99. The minimum atomic E-state index is 0.0885. The third-order valence-corrected chi connectivity index (χ3v) is 3.77. The van der Waals surface area contributed by atoms with Crippen molar-refractivity contribution in [2.75, 3.05) is 33.4 Å². The van der Waals surface area contributed by atoms with Crippen LogP contribution in [0.5, 0.6) is 5.75 Å². The number of methoxy groups -OCH3 is 1. The molecule has 0 radical (unpaired) electrons. The van der Waals surface area contributed by atoms with Crippen LogP contribution < -0.4 is 4.74 Å². The van der Waals surface area contributed by atoms with Gasteiger partial charge in [0, 0.05) is 19.6 Å². The van der Waals surface area contributed by atoms with Gasteiger partial charge >= 0.3 is 0 Å². The Morgan fingerprint density at radius 2 is 2.14 bits per heavy atom. The summed E-state index contributed by atoms with van der Waals surface area (Å²) in [6.45, 7) is 3.34. The number of nitrogens with zero attached hydrogens (tertiary/aromatic N) is 2. The number of benzene rings is 1. The maximum atomic E-state index is 8.99. The highest BCUT2D eigenvalue weighted by Gasteiger charge is 2.19. The average molecular weight is 290 g/mol. The summed E-state index contributed by atoms with van der Waals surface area (Å²) in [6, 6.07) is 7.86. The molecule has 1 saturated heterocycles. The number of nitriles is 1. The Labute approximate surface area is 125 Å². The van der Waals surface area contributed by atoms with Crippen molar-refractivity contribution in [2.45, 2.75) is 25.5 Å². The summed E-state index contributed by atoms with van der Waals surface area (Å²) in [7, 11) is 1.59. The normalized spacial score (nSPS) is 16.6. The van der Waals surface area contributed by atoms with Crippen LogP contribution in [0.25, 0.3) is 0 Å². The van der Waals surface area contributed by atoms with Gasteiger partial charge in [-0.3, -0.25) is 4.90 Å². The number of ether oxygens (including phenoxy) is 2. The van der Waals surface area contributed by atoms with E-state index in [1.165, 1.54) is 0 Å². The fourth-order valence-corrected chi connectivity index (χ4v) is 2.64. The fourth-order valence-electron chi connectivity index (χ4n) is 2.64. The van der Waals surface area contributed by atoms with Gasteiger partial charge in [-0.15, -0.1) is 0 Å². The number of hydrogen-bond acceptors (Lipinski definition) is 5. The van der Waals surface area contributed by atoms with Crippen molar-refractivity contribution in [3.05, 3.63) is 29.3 Å². The van der Waals surface area contributed by atoms with Crippen LogP contribution in [-0.2, 0) is 11.3 Å². The van der Waals surface area contributed by atoms with E-state index >= 15 is 0 Å². The van der Waals surface area contributed by atoms with E-state index in [2.05, 4.69) is 11.0 Å². The van der Waals surface area contributed by atoms with Crippen LogP contribution in [0.1, 0.15) is 24.0 Å². The van der Waals surface area contributed by atoms with E-state index in [1.54, 1.807) is 7.11 Å². The van der Waals surface area contributed by atoms with E-state index in [9.17, 15) is 0 Å². The average Bonchev–Trinajstić information content (AvgIpc) is 2.54. The summed E-state index contributed by atoms with van der Waals surface area (Å²) >= 11 is 0. The molecule has 1 fully saturated rings. The van der Waals surface area contributed by atoms with Crippen LogP contribution in [-0.4, -0.2) is 49.5 Å². The molecule has 0 amide bonds. The molecule has 0 aromatic heterocycles. The van der Waals surface area contributed by atoms with Crippen molar-refractivity contribution in [2.24, 2.45) is 0 Å². The van der Waals surface area contributed by atoms with E-state index in [0.29, 0.717) is 17.9 Å². The summed E-state index contributed by atoms with van der Waals surface area (Å²) in [4.78, 5) is 2.37. The second-order valence-corrected chi connectivity index (χ2v) is 5.22. The van der Waals surface area contributed by atoms with Gasteiger partial charge in [0.15, 0.2) is 0 Å². The predicted molar refractivity (Wildman–Crippen MR) is 79.0 cm³/mol. The van der Waals surface area contributed by atoms with Gasteiger partial charge in [0.05, 0.1) is 32.0 Å². The summed E-state index contributed by atoms with van der Waals surface area (Å²) in [6.07, 6.45) is 2.25. The first-order chi connectivity index (χ1) is 10.3. The molecular formula is C16H22N2O3. The molecule has 1 heterocycles. The molecule has 0 aliphatic carbocycles. The van der Waals surface area contributed by atoms with Crippen molar-refractivity contribution < 1.29 is 14.6 Å². The number of hydrogen-bond donors (Lipinski definition) is 1. The van der Waals surface area contributed by atoms with E-state index in [-0.39, 0.29) is 12.7 Å². The highest BCUT2D eigenvalue weighted by Crippen LogP contribution is 2.22. The second kappa shape index (κ2) is 7.99. The highest BCUT2D eigenvalue weighted by atomic mass is 16.5. The fraction of sp³-hybridized carbons (Fsp3) is 0.562. The van der Waals surface area contributed by atoms with Crippen molar-refractivity contribution >= 4 is 0 Å². The molecule has 1 N–H and O–H groups in total. The standard InChI is InChI=1S/C16H22N2O3/c1-20-16-10-13(2-3-14(16)11-17)12-18-6-4-15(5-7-18)21-9-8-19/h2-3,10,15,19H,4-9,12H2,1H3. The molecule has 1 aromatic rings. The predicted octanol–water partition coefficient (Wildman–Crippen LogP) is 1.54. The largest absolute Gasteiger partial charge is 0.495 e. The summed E-state index contributed by atoms with van der Waals surface area (Å²) in [5.74, 6) is 0.635. The molecule has 0 bridgehead atoms. The molecule has 1 aromatic carbocycles. The molecule has 0 atom stereocenters. The molecule has 1 aliphatic heterocycles. The van der Waals surface area contributed by atoms with Gasteiger partial charge in [-0.2, -0.15) is 5.26 Å². The van der Waals surface area contributed by atoms with Crippen LogP contribution in [0.4, 0.5) is 0 Å². The van der Waals surface area contributed by atoms with Gasteiger partial charge in [0.2, 0.25) is 0 Å². The number of likely N-dealkylation sites (tertiary alicyclic amines) is 1. The summed E-state index contributed by atoms with van der Waals surface area (Å²) in [5.41, 5.74) is 1.72. The number of aliphatic hydroxyl groups is 1. The Balaban J connectivity index is 1.87. The second-order valence-electron chi connectivity index (χ2n) is 5.22. The van der Waals surface area contributed by atoms with Crippen molar-refractivity contribution in [3.8, 4) is 11.8 Å². The van der Waals surface area contributed by atoms with Gasteiger partial charge in [-0.1, -0.05) is 6.07 Å². The van der Waals surface area contributed by atoms with Crippen LogP contribution in [0.3, 0.4) is 0 Å². The number of aliphatic hydroxyl groups excluding tert-OH is 1. The Bertz CT molecular complexity index is 491. The van der Waals surface area contributed by atoms with Crippen LogP contribution in [0.15, 0.2) is 18.2 Å². The van der Waals surface area contributed by atoms with Gasteiger partial charge in [0.25, 0.3) is 0 Å². The van der Waals surface area contributed by atoms with Crippen molar-refractivity contribution in [3.63, 3.8) is 0 Å². The monoisotopic (exact) mass is 290 g/mol. The molecule has 0 saturated carbocycles. The molecule has 1 aliphatic rings. The first-order valence-electron chi connectivity index (χ1n) is 7.28. The lowest BCUT2D eigenvalue weighted by Crippen LogP contribution is -2.36. The maximum Gasteiger partial charge on any atom is 0.136 e. The van der Waals surface area contributed by atoms with Crippen LogP contribution in [0.2, 0.25) is 0 Å². The summed E-state index contributed by atoms with van der Waals surface area (Å²) < 4.78 is 10.8. The van der Waals surface area contributed by atoms with Gasteiger partial charge in [-0.05, 0) is 30.5 Å². The topological polar surface area (TPSA) is 65.7 Å². The smallest absolute Gasteiger partial charge is 0.136 e. The Morgan fingerprint density at radius 1 is 1.38 bits per heavy atom. The molecule has 114 valence electrons. The molecule has 5 heteroatoms. The quantitative estimate of drug-likeness (QED) is 0.861. The molecule has 0 unspecified atom stereocenters. The Hall–Kier alpha value is -1.61. The third kappa shape index (κ3) is 4.43. The highest BCUT2D eigenvalue weighted by molar-refractivity contribution is 5.45. The number of rotatable bonds is 6. The van der Waals surface area contributed by atoms with Crippen molar-refractivity contribution in [1.29, 1.82) is 5.26 Å². The zero-order chi connectivity index (χ0) is 15.1. The lowest BCUT2D eigenvalue weighted by molar-refractivity contribution is -0.00902. The number of piperidine rings is 1.